The third-order valence-electron chi connectivity index (χ3n) is 4.78. The van der Waals surface area contributed by atoms with E-state index in [9.17, 15) is 9.36 Å². The number of carbonyl (C=O) groups is 1. The van der Waals surface area contributed by atoms with E-state index in [0.717, 1.165) is 10.8 Å². The van der Waals surface area contributed by atoms with E-state index in [4.69, 9.17) is 0 Å². The molecule has 4 aromatic carbocycles. The number of fused-ring (bicyclic) bond motifs is 1. The SMILES string of the molecule is O=C(CP(=O)(c1ccccc1)c1ccccc1)c1ccc2ccccc2c1. The van der Waals surface area contributed by atoms with Gasteiger partial charge in [-0.1, -0.05) is 97.1 Å². The molecule has 0 heterocycles. The van der Waals surface area contributed by atoms with Gasteiger partial charge >= 0.3 is 0 Å². The molecule has 0 bridgehead atoms. The first kappa shape index (κ1) is 17.5. The number of Topliss-reactive ketones (excluding diaryl/α,β-unsaturated/α-hetero) is 1. The summed E-state index contributed by atoms with van der Waals surface area (Å²) in [6.45, 7) is 0. The fourth-order valence-corrected chi connectivity index (χ4v) is 5.88. The number of hydrogen-bond acceptors (Lipinski definition) is 2. The molecule has 0 spiro atoms. The summed E-state index contributed by atoms with van der Waals surface area (Å²) in [5.41, 5.74) is 0.598. The van der Waals surface area contributed by atoms with Crippen molar-refractivity contribution in [3.63, 3.8) is 0 Å². The summed E-state index contributed by atoms with van der Waals surface area (Å²) < 4.78 is 14.0. The van der Waals surface area contributed by atoms with E-state index in [1.165, 1.54) is 0 Å². The zero-order chi connectivity index (χ0) is 18.7. The minimum Gasteiger partial charge on any atom is -0.313 e. The highest BCUT2D eigenvalue weighted by atomic mass is 31.2. The van der Waals surface area contributed by atoms with Crippen molar-refractivity contribution in [3.05, 3.63) is 109 Å². The smallest absolute Gasteiger partial charge is 0.170 e. The van der Waals surface area contributed by atoms with Gasteiger partial charge in [-0.05, 0) is 16.8 Å². The summed E-state index contributed by atoms with van der Waals surface area (Å²) in [7, 11) is -3.06. The number of rotatable bonds is 5. The molecule has 0 amide bonds. The molecular weight excluding hydrogens is 351 g/mol. The van der Waals surface area contributed by atoms with Crippen molar-refractivity contribution in [2.24, 2.45) is 0 Å². The molecule has 0 radical (unpaired) electrons. The van der Waals surface area contributed by atoms with Crippen LogP contribution in [0.5, 0.6) is 0 Å². The molecule has 0 unspecified atom stereocenters. The lowest BCUT2D eigenvalue weighted by atomic mass is 10.1. The number of carbonyl (C=O) groups excluding carboxylic acids is 1. The maximum atomic E-state index is 14.0. The molecule has 0 aliphatic rings. The van der Waals surface area contributed by atoms with Crippen LogP contribution in [0.3, 0.4) is 0 Å². The van der Waals surface area contributed by atoms with Gasteiger partial charge in [0.15, 0.2) is 12.9 Å². The molecular formula is C24H19O2P. The standard InChI is InChI=1S/C24H19O2P/c25-24(21-16-15-19-9-7-8-10-20(19)17-21)18-27(26,22-11-3-1-4-12-22)23-13-5-2-6-14-23/h1-17H,18H2. The van der Waals surface area contributed by atoms with Crippen molar-refractivity contribution in [1.82, 2.24) is 0 Å². The van der Waals surface area contributed by atoms with Crippen molar-refractivity contribution in [2.45, 2.75) is 0 Å². The predicted molar refractivity (Wildman–Crippen MR) is 113 cm³/mol. The first-order chi connectivity index (χ1) is 13.2. The fourth-order valence-electron chi connectivity index (χ4n) is 3.33. The third kappa shape index (κ3) is 3.49. The van der Waals surface area contributed by atoms with Crippen LogP contribution >= 0.6 is 7.14 Å². The highest BCUT2D eigenvalue weighted by Crippen LogP contribution is 2.43. The molecule has 0 aromatic heterocycles. The Morgan fingerprint density at radius 1 is 0.630 bits per heavy atom. The summed E-state index contributed by atoms with van der Waals surface area (Å²) in [6.07, 6.45) is -0.0145. The Kier molecular flexibility index (Phi) is 4.75. The van der Waals surface area contributed by atoms with Crippen molar-refractivity contribution in [1.29, 1.82) is 0 Å². The van der Waals surface area contributed by atoms with Gasteiger partial charge in [0.25, 0.3) is 0 Å². The summed E-state index contributed by atoms with van der Waals surface area (Å²) in [5, 5.41) is 3.52. The molecule has 4 rings (SSSR count). The normalized spacial score (nSPS) is 11.4. The number of hydrogen-bond donors (Lipinski definition) is 0. The highest BCUT2D eigenvalue weighted by Gasteiger charge is 2.30. The third-order valence-corrected chi connectivity index (χ3v) is 7.78. The Hall–Kier alpha value is -2.96. The molecule has 3 heteroatoms. The molecule has 0 saturated carbocycles. The minimum atomic E-state index is -3.06. The Balaban J connectivity index is 1.75. The van der Waals surface area contributed by atoms with E-state index in [2.05, 4.69) is 0 Å². The van der Waals surface area contributed by atoms with Crippen LogP contribution in [0.2, 0.25) is 0 Å². The van der Waals surface area contributed by atoms with E-state index < -0.39 is 7.14 Å². The molecule has 2 nitrogen and oxygen atoms in total. The van der Waals surface area contributed by atoms with Gasteiger partial charge in [-0.15, -0.1) is 0 Å². The van der Waals surface area contributed by atoms with Crippen LogP contribution < -0.4 is 10.6 Å². The topological polar surface area (TPSA) is 34.1 Å². The maximum Gasteiger partial charge on any atom is 0.170 e. The average molecular weight is 370 g/mol. The number of ketones is 1. The van der Waals surface area contributed by atoms with Crippen LogP contribution in [0.25, 0.3) is 10.8 Å². The summed E-state index contributed by atoms with van der Waals surface area (Å²) in [6, 6.07) is 32.2. The second kappa shape index (κ2) is 7.34. The van der Waals surface area contributed by atoms with Crippen LogP contribution in [0.1, 0.15) is 10.4 Å². The predicted octanol–water partition coefficient (Wildman–Crippen LogP) is 5.04. The zero-order valence-electron chi connectivity index (χ0n) is 14.8. The molecule has 0 aliphatic carbocycles. The Labute approximate surface area is 158 Å². The van der Waals surface area contributed by atoms with Crippen LogP contribution in [-0.4, -0.2) is 11.9 Å². The quantitative estimate of drug-likeness (QED) is 0.364. The molecule has 27 heavy (non-hydrogen) atoms. The molecule has 0 aliphatic heterocycles. The summed E-state index contributed by atoms with van der Waals surface area (Å²) in [5.74, 6) is -0.100. The molecule has 0 fully saturated rings. The van der Waals surface area contributed by atoms with Crippen LogP contribution in [0.4, 0.5) is 0 Å². The van der Waals surface area contributed by atoms with Gasteiger partial charge in [-0.2, -0.15) is 0 Å². The van der Waals surface area contributed by atoms with Crippen molar-refractivity contribution in [2.75, 3.05) is 6.16 Å². The van der Waals surface area contributed by atoms with Gasteiger partial charge in [0, 0.05) is 16.2 Å². The first-order valence-electron chi connectivity index (χ1n) is 8.89. The van der Waals surface area contributed by atoms with Gasteiger partial charge in [0.2, 0.25) is 0 Å². The van der Waals surface area contributed by atoms with Gasteiger partial charge in [-0.3, -0.25) is 4.79 Å². The lowest BCUT2D eigenvalue weighted by molar-refractivity contribution is 0.102. The highest BCUT2D eigenvalue weighted by molar-refractivity contribution is 7.79. The van der Waals surface area contributed by atoms with Crippen LogP contribution in [0, 0.1) is 0 Å². The van der Waals surface area contributed by atoms with Crippen molar-refractivity contribution >= 4 is 34.3 Å². The van der Waals surface area contributed by atoms with Gasteiger partial charge < -0.3 is 4.57 Å². The Bertz CT molecular complexity index is 1090. The lowest BCUT2D eigenvalue weighted by Gasteiger charge is -2.19. The van der Waals surface area contributed by atoms with Crippen molar-refractivity contribution < 1.29 is 9.36 Å². The number of benzene rings is 4. The average Bonchev–Trinajstić information content (AvgIpc) is 2.74. The molecule has 0 saturated heterocycles. The molecule has 132 valence electrons. The minimum absolute atomic E-state index is 0.0145. The van der Waals surface area contributed by atoms with Crippen molar-refractivity contribution in [3.8, 4) is 0 Å². The van der Waals surface area contributed by atoms with Crippen LogP contribution in [-0.2, 0) is 4.57 Å². The monoisotopic (exact) mass is 370 g/mol. The first-order valence-corrected chi connectivity index (χ1v) is 10.8. The largest absolute Gasteiger partial charge is 0.313 e. The maximum absolute atomic E-state index is 14.0. The van der Waals surface area contributed by atoms with Gasteiger partial charge in [0.05, 0.1) is 6.16 Å². The second-order valence-corrected chi connectivity index (χ2v) is 9.38. The Morgan fingerprint density at radius 3 is 1.74 bits per heavy atom. The summed E-state index contributed by atoms with van der Waals surface area (Å²) in [4.78, 5) is 13.1. The van der Waals surface area contributed by atoms with E-state index in [0.29, 0.717) is 16.2 Å². The molecule has 4 aromatic rings. The molecule has 0 atom stereocenters. The van der Waals surface area contributed by atoms with E-state index >= 15 is 0 Å². The van der Waals surface area contributed by atoms with E-state index in [1.807, 2.05) is 103 Å². The lowest BCUT2D eigenvalue weighted by Crippen LogP contribution is -2.22. The zero-order valence-corrected chi connectivity index (χ0v) is 15.7. The van der Waals surface area contributed by atoms with E-state index in [1.54, 1.807) is 0 Å². The van der Waals surface area contributed by atoms with Gasteiger partial charge in [0.1, 0.15) is 0 Å². The Morgan fingerprint density at radius 2 is 1.15 bits per heavy atom. The van der Waals surface area contributed by atoms with Gasteiger partial charge in [-0.25, -0.2) is 0 Å². The molecule has 0 N–H and O–H groups in total. The summed E-state index contributed by atoms with van der Waals surface area (Å²) >= 11 is 0. The van der Waals surface area contributed by atoms with E-state index in [-0.39, 0.29) is 11.9 Å². The van der Waals surface area contributed by atoms with Crippen LogP contribution in [0.15, 0.2) is 103 Å². The second-order valence-electron chi connectivity index (χ2n) is 6.55. The fraction of sp³-hybridized carbons (Fsp3) is 0.0417.